The monoisotopic (exact) mass is 278 g/mol. The van der Waals surface area contributed by atoms with Crippen LogP contribution < -0.4 is 11.1 Å². The minimum absolute atomic E-state index is 0.0523. The van der Waals surface area contributed by atoms with Crippen molar-refractivity contribution in [3.05, 3.63) is 11.9 Å². The van der Waals surface area contributed by atoms with E-state index in [2.05, 4.69) is 15.3 Å². The Morgan fingerprint density at radius 1 is 1.42 bits per heavy atom. The smallest absolute Gasteiger partial charge is 0.396 e. The molecule has 4 N–H and O–H groups in total. The summed E-state index contributed by atoms with van der Waals surface area (Å²) < 4.78 is 37.4. The number of nitrogens with one attached hydrogen (secondary N) is 1. The largest absolute Gasteiger partial charge is 0.451 e. The van der Waals surface area contributed by atoms with E-state index in [4.69, 9.17) is 10.8 Å². The maximum atomic E-state index is 12.5. The highest BCUT2D eigenvalue weighted by Gasteiger charge is 2.35. The third-order valence-electron chi connectivity index (χ3n) is 2.49. The lowest BCUT2D eigenvalue weighted by Crippen LogP contribution is -2.15. The van der Waals surface area contributed by atoms with Crippen LogP contribution in [0.1, 0.15) is 25.6 Å². The zero-order chi connectivity index (χ0) is 14.5. The number of halogens is 3. The number of nitrogens with zero attached hydrogens (tertiary/aromatic N) is 2. The van der Waals surface area contributed by atoms with Gasteiger partial charge in [-0.3, -0.25) is 0 Å². The third kappa shape index (κ3) is 5.29. The molecule has 5 nitrogen and oxygen atoms in total. The van der Waals surface area contributed by atoms with Crippen molar-refractivity contribution < 1.29 is 18.3 Å². The molecule has 0 aromatic carbocycles. The molecule has 0 amide bonds. The molecule has 0 bridgehead atoms. The summed E-state index contributed by atoms with van der Waals surface area (Å²) in [5.41, 5.74) is 5.31. The zero-order valence-corrected chi connectivity index (χ0v) is 10.5. The molecule has 1 heterocycles. The molecular weight excluding hydrogens is 261 g/mol. The number of aliphatic hydroxyl groups is 1. The minimum atomic E-state index is -4.61. The SMILES string of the molecule is CC(CO)CCCNc1cc(N)nc(C(F)(F)F)n1. The Balaban J connectivity index is 2.57. The van der Waals surface area contributed by atoms with Crippen LogP contribution >= 0.6 is 0 Å². The van der Waals surface area contributed by atoms with Gasteiger partial charge in [0.25, 0.3) is 0 Å². The van der Waals surface area contributed by atoms with Crippen LogP contribution in [-0.4, -0.2) is 28.2 Å². The van der Waals surface area contributed by atoms with Gasteiger partial charge in [0.05, 0.1) is 0 Å². The Bertz CT molecular complexity index is 411. The molecule has 0 aliphatic heterocycles. The Labute approximate surface area is 109 Å². The lowest BCUT2D eigenvalue weighted by Gasteiger charge is -2.11. The van der Waals surface area contributed by atoms with Gasteiger partial charge in [0.2, 0.25) is 5.82 Å². The van der Waals surface area contributed by atoms with E-state index in [-0.39, 0.29) is 24.2 Å². The number of alkyl halides is 3. The first-order valence-corrected chi connectivity index (χ1v) is 5.89. The van der Waals surface area contributed by atoms with Crippen LogP contribution in [-0.2, 0) is 6.18 Å². The number of anilines is 2. The van der Waals surface area contributed by atoms with Crippen molar-refractivity contribution in [2.45, 2.75) is 25.9 Å². The van der Waals surface area contributed by atoms with Crippen molar-refractivity contribution >= 4 is 11.6 Å². The molecule has 0 spiro atoms. The lowest BCUT2D eigenvalue weighted by atomic mass is 10.1. The second kappa shape index (κ2) is 6.55. The number of nitrogen functional groups attached to an aromatic ring is 1. The van der Waals surface area contributed by atoms with Crippen LogP contribution in [0.5, 0.6) is 0 Å². The maximum Gasteiger partial charge on any atom is 0.451 e. The van der Waals surface area contributed by atoms with Crippen molar-refractivity contribution in [3.8, 4) is 0 Å². The molecule has 1 unspecified atom stereocenters. The molecule has 0 fully saturated rings. The highest BCUT2D eigenvalue weighted by Crippen LogP contribution is 2.27. The average Bonchev–Trinajstić information content (AvgIpc) is 2.32. The quantitative estimate of drug-likeness (QED) is 0.692. The molecule has 0 saturated heterocycles. The fraction of sp³-hybridized carbons (Fsp3) is 0.636. The number of hydrogen-bond acceptors (Lipinski definition) is 5. The molecule has 0 aliphatic rings. The van der Waals surface area contributed by atoms with Gasteiger partial charge in [-0.2, -0.15) is 13.2 Å². The van der Waals surface area contributed by atoms with Gasteiger partial charge in [0.15, 0.2) is 0 Å². The van der Waals surface area contributed by atoms with Crippen molar-refractivity contribution in [2.24, 2.45) is 5.92 Å². The Morgan fingerprint density at radius 2 is 2.11 bits per heavy atom. The van der Waals surface area contributed by atoms with E-state index in [1.807, 2.05) is 6.92 Å². The molecule has 8 heteroatoms. The van der Waals surface area contributed by atoms with Gasteiger partial charge in [-0.15, -0.1) is 0 Å². The van der Waals surface area contributed by atoms with E-state index < -0.39 is 12.0 Å². The van der Waals surface area contributed by atoms with Crippen molar-refractivity contribution in [1.82, 2.24) is 9.97 Å². The predicted molar refractivity (Wildman–Crippen MR) is 65.4 cm³/mol. The summed E-state index contributed by atoms with van der Waals surface area (Å²) >= 11 is 0. The molecule has 108 valence electrons. The molecule has 1 atom stereocenters. The van der Waals surface area contributed by atoms with Crippen LogP contribution in [0.25, 0.3) is 0 Å². The molecule has 0 radical (unpaired) electrons. The lowest BCUT2D eigenvalue weighted by molar-refractivity contribution is -0.144. The van der Waals surface area contributed by atoms with Crippen LogP contribution in [0.4, 0.5) is 24.8 Å². The molecule has 0 aliphatic carbocycles. The summed E-state index contributed by atoms with van der Waals surface area (Å²) in [6, 6.07) is 1.25. The van der Waals surface area contributed by atoms with Crippen LogP contribution in [0.3, 0.4) is 0 Å². The van der Waals surface area contributed by atoms with E-state index >= 15 is 0 Å². The Hall–Kier alpha value is -1.57. The van der Waals surface area contributed by atoms with Gasteiger partial charge in [-0.05, 0) is 18.8 Å². The summed E-state index contributed by atoms with van der Waals surface area (Å²) in [5.74, 6) is -1.26. The number of nitrogens with two attached hydrogens (primary N) is 1. The fourth-order valence-electron chi connectivity index (χ4n) is 1.44. The first kappa shape index (κ1) is 15.5. The van der Waals surface area contributed by atoms with E-state index in [1.165, 1.54) is 6.07 Å². The summed E-state index contributed by atoms with van der Waals surface area (Å²) in [5, 5.41) is 11.6. The normalized spacial score (nSPS) is 13.3. The molecule has 1 aromatic heterocycles. The molecule has 1 aromatic rings. The Kier molecular flexibility index (Phi) is 5.34. The van der Waals surface area contributed by atoms with Crippen LogP contribution in [0, 0.1) is 5.92 Å². The first-order valence-electron chi connectivity index (χ1n) is 5.89. The summed E-state index contributed by atoms with van der Waals surface area (Å²) in [6.45, 7) is 2.45. The highest BCUT2D eigenvalue weighted by molar-refractivity contribution is 5.44. The van der Waals surface area contributed by atoms with Gasteiger partial charge in [0.1, 0.15) is 11.6 Å². The van der Waals surface area contributed by atoms with Gasteiger partial charge in [-0.25, -0.2) is 9.97 Å². The van der Waals surface area contributed by atoms with Crippen LogP contribution in [0.15, 0.2) is 6.07 Å². The molecule has 19 heavy (non-hydrogen) atoms. The second-order valence-electron chi connectivity index (χ2n) is 4.36. The number of rotatable bonds is 6. The topological polar surface area (TPSA) is 84.1 Å². The zero-order valence-electron chi connectivity index (χ0n) is 10.5. The van der Waals surface area contributed by atoms with E-state index in [9.17, 15) is 13.2 Å². The predicted octanol–water partition coefficient (Wildman–Crippen LogP) is 1.90. The molecule has 0 saturated carbocycles. The summed E-state index contributed by atoms with van der Waals surface area (Å²) in [6.07, 6.45) is -3.12. The summed E-state index contributed by atoms with van der Waals surface area (Å²) in [7, 11) is 0. The Morgan fingerprint density at radius 3 is 2.68 bits per heavy atom. The first-order chi connectivity index (χ1) is 8.82. The standard InChI is InChI=1S/C11H17F3N4O/c1-7(6-19)3-2-4-16-9-5-8(15)17-10(18-9)11(12,13)14/h5,7,19H,2-4,6H2,1H3,(H3,15,16,17,18). The van der Waals surface area contributed by atoms with Crippen molar-refractivity contribution in [2.75, 3.05) is 24.2 Å². The maximum absolute atomic E-state index is 12.5. The fourth-order valence-corrected chi connectivity index (χ4v) is 1.44. The van der Waals surface area contributed by atoms with Crippen LogP contribution in [0.2, 0.25) is 0 Å². The van der Waals surface area contributed by atoms with E-state index in [1.54, 1.807) is 0 Å². The molecular formula is C11H17F3N4O. The van der Waals surface area contributed by atoms with Gasteiger partial charge in [-0.1, -0.05) is 6.92 Å². The number of aromatic nitrogens is 2. The number of hydrogen-bond donors (Lipinski definition) is 3. The molecule has 1 rings (SSSR count). The average molecular weight is 278 g/mol. The van der Waals surface area contributed by atoms with Crippen molar-refractivity contribution in [1.29, 1.82) is 0 Å². The van der Waals surface area contributed by atoms with E-state index in [0.717, 1.165) is 6.42 Å². The third-order valence-corrected chi connectivity index (χ3v) is 2.49. The van der Waals surface area contributed by atoms with Gasteiger partial charge < -0.3 is 16.2 Å². The second-order valence-corrected chi connectivity index (χ2v) is 4.36. The van der Waals surface area contributed by atoms with Gasteiger partial charge in [0, 0.05) is 19.2 Å². The summed E-state index contributed by atoms with van der Waals surface area (Å²) in [4.78, 5) is 6.51. The van der Waals surface area contributed by atoms with Crippen molar-refractivity contribution in [3.63, 3.8) is 0 Å². The minimum Gasteiger partial charge on any atom is -0.396 e. The van der Waals surface area contributed by atoms with Gasteiger partial charge >= 0.3 is 6.18 Å². The highest BCUT2D eigenvalue weighted by atomic mass is 19.4. The van der Waals surface area contributed by atoms with E-state index in [0.29, 0.717) is 13.0 Å². The number of aliphatic hydroxyl groups excluding tert-OH is 1.